The number of carbonyl (C=O) groups excluding carboxylic acids is 3. The van der Waals surface area contributed by atoms with E-state index in [1.807, 2.05) is 0 Å². The Morgan fingerprint density at radius 3 is 0.526 bits per heavy atom. The molecule has 0 radical (unpaired) electrons. The van der Waals surface area contributed by atoms with Gasteiger partial charge in [0, 0.05) is 19.3 Å². The first kappa shape index (κ1) is 74.4. The maximum atomic E-state index is 12.8. The highest BCUT2D eigenvalue weighted by molar-refractivity contribution is 5.71. The van der Waals surface area contributed by atoms with Crippen LogP contribution in [0.3, 0.4) is 0 Å². The van der Waals surface area contributed by atoms with E-state index in [1.165, 1.54) is 308 Å². The number of unbranched alkanes of at least 4 members (excludes halogenated alkanes) is 55. The Balaban J connectivity index is 3.81. The van der Waals surface area contributed by atoms with Crippen molar-refractivity contribution in [2.75, 3.05) is 13.2 Å². The quantitative estimate of drug-likeness (QED) is 0.0343. The minimum atomic E-state index is -0.760. The van der Waals surface area contributed by atoms with Crippen molar-refractivity contribution in [3.05, 3.63) is 0 Å². The van der Waals surface area contributed by atoms with Gasteiger partial charge < -0.3 is 14.2 Å². The lowest BCUT2D eigenvalue weighted by Crippen LogP contribution is -2.30. The predicted octanol–water partition coefficient (Wildman–Crippen LogP) is 23.8. The van der Waals surface area contributed by atoms with Crippen LogP contribution in [0.25, 0.3) is 0 Å². The summed E-state index contributed by atoms with van der Waals surface area (Å²) < 4.78 is 16.8. The van der Waals surface area contributed by atoms with E-state index >= 15 is 0 Å². The molecule has 0 heterocycles. The van der Waals surface area contributed by atoms with Gasteiger partial charge in [-0.25, -0.2) is 0 Å². The number of esters is 3. The van der Waals surface area contributed by atoms with Crippen molar-refractivity contribution in [1.29, 1.82) is 0 Å². The molecule has 452 valence electrons. The minimum absolute atomic E-state index is 0.0623. The Labute approximate surface area is 476 Å². The Bertz CT molecular complexity index is 1140. The third kappa shape index (κ3) is 63.2. The second-order valence-corrected chi connectivity index (χ2v) is 24.2. The molecule has 1 atom stereocenters. The van der Waals surface area contributed by atoms with Crippen molar-refractivity contribution < 1.29 is 28.6 Å². The van der Waals surface area contributed by atoms with E-state index < -0.39 is 6.10 Å². The van der Waals surface area contributed by atoms with Crippen LogP contribution in [0.2, 0.25) is 0 Å². The molecule has 0 aromatic rings. The van der Waals surface area contributed by atoms with Crippen LogP contribution in [-0.4, -0.2) is 37.2 Å². The predicted molar refractivity (Wildman–Crippen MR) is 330 cm³/mol. The molecular formula is C70H136O6. The van der Waals surface area contributed by atoms with Gasteiger partial charge in [0.1, 0.15) is 13.2 Å². The van der Waals surface area contributed by atoms with E-state index in [-0.39, 0.29) is 31.1 Å². The summed E-state index contributed by atoms with van der Waals surface area (Å²) in [6.45, 7) is 6.64. The first-order chi connectivity index (χ1) is 37.5. The zero-order chi connectivity index (χ0) is 55.0. The van der Waals surface area contributed by atoms with Gasteiger partial charge in [-0.3, -0.25) is 14.4 Å². The molecule has 6 heteroatoms. The average molecular weight is 1070 g/mol. The second kappa shape index (κ2) is 65.9. The van der Waals surface area contributed by atoms with Crippen molar-refractivity contribution in [2.45, 2.75) is 419 Å². The van der Waals surface area contributed by atoms with Gasteiger partial charge in [-0.2, -0.15) is 0 Å². The summed E-state index contributed by atoms with van der Waals surface area (Å²) in [6.07, 6.45) is 77.8. The lowest BCUT2D eigenvalue weighted by Gasteiger charge is -2.18. The fourth-order valence-electron chi connectivity index (χ4n) is 11.1. The SMILES string of the molecule is CCCCCCCCCCCCCCCCCCCCCCCCCCCCCCCCCCCCCC(=O)OCC(COC(=O)CCCCCCC)OC(=O)CCCCCCCCCCCCCCCCCCCC. The maximum Gasteiger partial charge on any atom is 0.306 e. The van der Waals surface area contributed by atoms with E-state index in [1.54, 1.807) is 0 Å². The summed E-state index contributed by atoms with van der Waals surface area (Å²) >= 11 is 0. The highest BCUT2D eigenvalue weighted by Gasteiger charge is 2.19. The number of hydrogen-bond acceptors (Lipinski definition) is 6. The summed E-state index contributed by atoms with van der Waals surface area (Å²) in [5.74, 6) is -0.846. The Morgan fingerprint density at radius 1 is 0.211 bits per heavy atom. The molecular weight excluding hydrogens is 937 g/mol. The molecule has 0 aliphatic heterocycles. The highest BCUT2D eigenvalue weighted by atomic mass is 16.6. The summed E-state index contributed by atoms with van der Waals surface area (Å²) in [4.78, 5) is 37.9. The third-order valence-corrected chi connectivity index (χ3v) is 16.4. The van der Waals surface area contributed by atoms with Crippen molar-refractivity contribution in [3.63, 3.8) is 0 Å². The Hall–Kier alpha value is -1.59. The fourth-order valence-corrected chi connectivity index (χ4v) is 11.1. The van der Waals surface area contributed by atoms with Crippen LogP contribution in [0.15, 0.2) is 0 Å². The second-order valence-electron chi connectivity index (χ2n) is 24.2. The summed E-state index contributed by atoms with van der Waals surface area (Å²) in [5.41, 5.74) is 0. The van der Waals surface area contributed by atoms with Crippen LogP contribution in [0.5, 0.6) is 0 Å². The number of hydrogen-bond donors (Lipinski definition) is 0. The highest BCUT2D eigenvalue weighted by Crippen LogP contribution is 2.19. The molecule has 0 bridgehead atoms. The van der Waals surface area contributed by atoms with Crippen LogP contribution in [-0.2, 0) is 28.6 Å². The minimum Gasteiger partial charge on any atom is -0.462 e. The molecule has 0 saturated heterocycles. The van der Waals surface area contributed by atoms with Crippen LogP contribution in [0.4, 0.5) is 0 Å². The molecule has 0 saturated carbocycles. The first-order valence-corrected chi connectivity index (χ1v) is 35.0. The molecule has 1 unspecified atom stereocenters. The van der Waals surface area contributed by atoms with Gasteiger partial charge in [-0.05, 0) is 19.3 Å². The van der Waals surface area contributed by atoms with Crippen LogP contribution in [0.1, 0.15) is 412 Å². The molecule has 0 fully saturated rings. The average Bonchev–Trinajstić information content (AvgIpc) is 3.42. The topological polar surface area (TPSA) is 78.9 Å². The molecule has 0 aromatic heterocycles. The summed E-state index contributed by atoms with van der Waals surface area (Å²) in [5, 5.41) is 0. The number of carbonyl (C=O) groups is 3. The normalized spacial score (nSPS) is 11.9. The Kier molecular flexibility index (Phi) is 64.5. The van der Waals surface area contributed by atoms with Gasteiger partial charge in [0.2, 0.25) is 0 Å². The molecule has 0 N–H and O–H groups in total. The lowest BCUT2D eigenvalue weighted by molar-refractivity contribution is -0.167. The monoisotopic (exact) mass is 1070 g/mol. The fraction of sp³-hybridized carbons (Fsp3) is 0.957. The largest absolute Gasteiger partial charge is 0.462 e. The number of ether oxygens (including phenoxy) is 3. The van der Waals surface area contributed by atoms with Gasteiger partial charge in [-0.1, -0.05) is 374 Å². The molecule has 0 rings (SSSR count). The van der Waals surface area contributed by atoms with Crippen molar-refractivity contribution >= 4 is 17.9 Å². The molecule has 0 spiro atoms. The van der Waals surface area contributed by atoms with E-state index in [4.69, 9.17) is 14.2 Å². The maximum absolute atomic E-state index is 12.8. The molecule has 0 amide bonds. The van der Waals surface area contributed by atoms with Crippen molar-refractivity contribution in [3.8, 4) is 0 Å². The standard InChI is InChI=1S/C70H136O6/c1-4-7-10-13-15-17-19-21-23-25-27-28-29-30-31-32-33-34-35-36-37-38-39-40-41-42-43-45-46-48-50-52-54-57-60-63-69(72)75-66-67(65-74-68(71)62-59-56-12-9-6-3)76-70(73)64-61-58-55-53-51-49-47-44-26-24-22-20-18-16-14-11-8-5-2/h67H,4-66H2,1-3H3. The molecule has 0 aliphatic carbocycles. The number of rotatable bonds is 66. The van der Waals surface area contributed by atoms with Gasteiger partial charge in [0.05, 0.1) is 0 Å². The van der Waals surface area contributed by atoms with Crippen LogP contribution >= 0.6 is 0 Å². The van der Waals surface area contributed by atoms with E-state index in [2.05, 4.69) is 20.8 Å². The van der Waals surface area contributed by atoms with E-state index in [9.17, 15) is 14.4 Å². The van der Waals surface area contributed by atoms with E-state index in [0.717, 1.165) is 64.2 Å². The summed E-state index contributed by atoms with van der Waals surface area (Å²) in [6, 6.07) is 0. The zero-order valence-electron chi connectivity index (χ0n) is 52.1. The molecule has 6 nitrogen and oxygen atoms in total. The van der Waals surface area contributed by atoms with Gasteiger partial charge in [-0.15, -0.1) is 0 Å². The summed E-state index contributed by atoms with van der Waals surface area (Å²) in [7, 11) is 0. The Morgan fingerprint density at radius 2 is 0.355 bits per heavy atom. The van der Waals surface area contributed by atoms with Crippen LogP contribution < -0.4 is 0 Å². The zero-order valence-corrected chi connectivity index (χ0v) is 52.1. The molecule has 0 aliphatic rings. The smallest absolute Gasteiger partial charge is 0.306 e. The van der Waals surface area contributed by atoms with Gasteiger partial charge >= 0.3 is 17.9 Å². The van der Waals surface area contributed by atoms with Crippen molar-refractivity contribution in [1.82, 2.24) is 0 Å². The lowest BCUT2D eigenvalue weighted by atomic mass is 10.0. The van der Waals surface area contributed by atoms with E-state index in [0.29, 0.717) is 19.3 Å². The first-order valence-electron chi connectivity index (χ1n) is 35.0. The van der Waals surface area contributed by atoms with Crippen molar-refractivity contribution in [2.24, 2.45) is 0 Å². The molecule has 0 aromatic carbocycles. The van der Waals surface area contributed by atoms with Gasteiger partial charge in [0.25, 0.3) is 0 Å². The van der Waals surface area contributed by atoms with Crippen LogP contribution in [0, 0.1) is 0 Å². The van der Waals surface area contributed by atoms with Gasteiger partial charge in [0.15, 0.2) is 6.10 Å². The molecule has 76 heavy (non-hydrogen) atoms. The third-order valence-electron chi connectivity index (χ3n) is 16.4.